The first-order chi connectivity index (χ1) is 16.5. The first-order valence-corrected chi connectivity index (χ1v) is 13.4. The number of allylic oxidation sites excluding steroid dienone is 5. The molecule has 0 bridgehead atoms. The first-order valence-electron chi connectivity index (χ1n) is 13.4. The molecule has 4 unspecified atom stereocenters. The van der Waals surface area contributed by atoms with Gasteiger partial charge in [0.15, 0.2) is 0 Å². The third-order valence-corrected chi connectivity index (χ3v) is 5.82. The van der Waals surface area contributed by atoms with Gasteiger partial charge in [0.25, 0.3) is 0 Å². The second-order valence-electron chi connectivity index (χ2n) is 9.03. The van der Waals surface area contributed by atoms with Crippen molar-refractivity contribution in [1.29, 1.82) is 0 Å². The summed E-state index contributed by atoms with van der Waals surface area (Å²) >= 11 is 0. The molecule has 0 aliphatic heterocycles. The molecule has 6 nitrogen and oxygen atoms in total. The molecule has 0 saturated carbocycles. The minimum absolute atomic E-state index is 0.151. The van der Waals surface area contributed by atoms with Gasteiger partial charge in [0.2, 0.25) is 5.91 Å². The van der Waals surface area contributed by atoms with Crippen LogP contribution in [-0.4, -0.2) is 57.3 Å². The molecule has 0 aromatic carbocycles. The topological polar surface area (TPSA) is 110 Å². The van der Waals surface area contributed by atoms with E-state index >= 15 is 0 Å². The normalized spacial score (nSPS) is 15.8. The second-order valence-corrected chi connectivity index (χ2v) is 9.03. The van der Waals surface area contributed by atoms with Crippen LogP contribution in [0.5, 0.6) is 0 Å². The number of carbonyl (C=O) groups is 1. The van der Waals surface area contributed by atoms with Crippen molar-refractivity contribution in [2.75, 3.05) is 6.61 Å². The van der Waals surface area contributed by atoms with Gasteiger partial charge in [-0.05, 0) is 44.9 Å². The molecule has 0 saturated heterocycles. The lowest BCUT2D eigenvalue weighted by atomic mass is 10.0. The summed E-state index contributed by atoms with van der Waals surface area (Å²) in [5.41, 5.74) is 0. The summed E-state index contributed by atoms with van der Waals surface area (Å²) in [5.74, 6) is -0.670. The van der Waals surface area contributed by atoms with E-state index in [0.717, 1.165) is 32.1 Å². The molecule has 198 valence electrons. The maximum absolute atomic E-state index is 12.2. The Morgan fingerprint density at radius 3 is 2.09 bits per heavy atom. The van der Waals surface area contributed by atoms with Gasteiger partial charge < -0.3 is 25.7 Å². The van der Waals surface area contributed by atoms with Crippen LogP contribution in [0.4, 0.5) is 0 Å². The Labute approximate surface area is 207 Å². The fourth-order valence-electron chi connectivity index (χ4n) is 3.57. The van der Waals surface area contributed by atoms with Gasteiger partial charge in [-0.3, -0.25) is 4.79 Å². The van der Waals surface area contributed by atoms with Crippen LogP contribution in [0.2, 0.25) is 0 Å². The van der Waals surface area contributed by atoms with Crippen LogP contribution in [0.1, 0.15) is 104 Å². The van der Waals surface area contributed by atoms with E-state index in [1.807, 2.05) is 6.08 Å². The number of aliphatic hydroxyl groups excluding tert-OH is 4. The lowest BCUT2D eigenvalue weighted by molar-refractivity contribution is -0.132. The van der Waals surface area contributed by atoms with Crippen molar-refractivity contribution in [2.24, 2.45) is 0 Å². The molecule has 0 aromatic heterocycles. The molecule has 0 rings (SSSR count). The molecule has 0 fully saturated rings. The van der Waals surface area contributed by atoms with Gasteiger partial charge in [0.1, 0.15) is 12.2 Å². The monoisotopic (exact) mass is 481 g/mol. The third kappa shape index (κ3) is 17.9. The number of aliphatic hydroxyl groups is 4. The third-order valence-electron chi connectivity index (χ3n) is 5.82. The van der Waals surface area contributed by atoms with Crippen LogP contribution in [0.3, 0.4) is 0 Å². The average molecular weight is 482 g/mol. The van der Waals surface area contributed by atoms with E-state index in [-0.39, 0.29) is 6.42 Å². The molecule has 0 aromatic rings. The van der Waals surface area contributed by atoms with Crippen LogP contribution in [0.15, 0.2) is 36.5 Å². The summed E-state index contributed by atoms with van der Waals surface area (Å²) in [6, 6.07) is -1.03. The zero-order valence-electron chi connectivity index (χ0n) is 21.6. The van der Waals surface area contributed by atoms with Gasteiger partial charge in [-0.1, -0.05) is 88.8 Å². The van der Waals surface area contributed by atoms with Gasteiger partial charge >= 0.3 is 0 Å². The summed E-state index contributed by atoms with van der Waals surface area (Å²) in [7, 11) is 0. The molecule has 34 heavy (non-hydrogen) atoms. The highest BCUT2D eigenvalue weighted by Crippen LogP contribution is 2.10. The van der Waals surface area contributed by atoms with E-state index in [0.29, 0.717) is 12.8 Å². The molecular formula is C28H51NO5. The van der Waals surface area contributed by atoms with Gasteiger partial charge in [-0.25, -0.2) is 0 Å². The van der Waals surface area contributed by atoms with Crippen molar-refractivity contribution >= 4 is 5.91 Å². The largest absolute Gasteiger partial charge is 0.394 e. The quantitative estimate of drug-likeness (QED) is 0.114. The average Bonchev–Trinajstić information content (AvgIpc) is 2.84. The molecule has 4 atom stereocenters. The summed E-state index contributed by atoms with van der Waals surface area (Å²) in [6.45, 7) is 3.81. The molecular weight excluding hydrogens is 430 g/mol. The number of carbonyl (C=O) groups excluding carboxylic acids is 1. The molecule has 0 heterocycles. The smallest absolute Gasteiger partial charge is 0.249 e. The van der Waals surface area contributed by atoms with Crippen molar-refractivity contribution in [3.05, 3.63) is 36.5 Å². The van der Waals surface area contributed by atoms with Crippen molar-refractivity contribution in [3.63, 3.8) is 0 Å². The molecule has 6 heteroatoms. The van der Waals surface area contributed by atoms with Gasteiger partial charge in [-0.15, -0.1) is 0 Å². The highest BCUT2D eigenvalue weighted by atomic mass is 16.3. The highest BCUT2D eigenvalue weighted by molar-refractivity contribution is 5.81. The van der Waals surface area contributed by atoms with Gasteiger partial charge in [0.05, 0.1) is 18.8 Å². The fraction of sp³-hybridized carbons (Fsp3) is 0.750. The Hall–Kier alpha value is -1.47. The van der Waals surface area contributed by atoms with Gasteiger partial charge in [-0.2, -0.15) is 0 Å². The van der Waals surface area contributed by atoms with Crippen molar-refractivity contribution < 1.29 is 25.2 Å². The SMILES string of the molecule is CCC/C=C/CCCC(O)C(O)C(CO)NC(=O)C(O)C/C=C\C/C=C\CCCCCCCC. The van der Waals surface area contributed by atoms with Crippen LogP contribution in [-0.2, 0) is 4.79 Å². The predicted molar refractivity (Wildman–Crippen MR) is 140 cm³/mol. The minimum atomic E-state index is -1.30. The van der Waals surface area contributed by atoms with E-state index in [1.54, 1.807) is 6.08 Å². The molecule has 0 aliphatic carbocycles. The number of nitrogens with one attached hydrogen (secondary N) is 1. The van der Waals surface area contributed by atoms with E-state index in [4.69, 9.17) is 0 Å². The maximum Gasteiger partial charge on any atom is 0.249 e. The standard InChI is InChI=1S/C28H51NO5/c1-3-5-7-9-11-12-13-14-15-16-18-20-22-26(32)28(34)29-24(23-30)27(33)25(31)21-19-17-10-8-6-4-2/h8,10,14-15,18,20,24-27,30-33H,3-7,9,11-13,16-17,19,21-23H2,1-2H3,(H,29,34)/b10-8+,15-14-,20-18-. The first kappa shape index (κ1) is 32.5. The van der Waals surface area contributed by atoms with Crippen LogP contribution in [0.25, 0.3) is 0 Å². The maximum atomic E-state index is 12.2. The summed E-state index contributed by atoms with van der Waals surface area (Å²) < 4.78 is 0. The van der Waals surface area contributed by atoms with E-state index in [1.165, 1.54) is 38.5 Å². The lowest BCUT2D eigenvalue weighted by Crippen LogP contribution is -2.52. The lowest BCUT2D eigenvalue weighted by Gasteiger charge is -2.27. The molecule has 0 radical (unpaired) electrons. The molecule has 5 N–H and O–H groups in total. The van der Waals surface area contributed by atoms with E-state index < -0.39 is 36.9 Å². The number of hydrogen-bond donors (Lipinski definition) is 5. The predicted octanol–water partition coefficient (Wildman–Crippen LogP) is 4.72. The number of amides is 1. The van der Waals surface area contributed by atoms with Crippen molar-refractivity contribution in [2.45, 2.75) is 128 Å². The Bertz CT molecular complexity index is 561. The van der Waals surface area contributed by atoms with E-state index in [9.17, 15) is 25.2 Å². The second kappa shape index (κ2) is 23.3. The summed E-state index contributed by atoms with van der Waals surface area (Å²) in [6.07, 6.45) is 22.1. The zero-order chi connectivity index (χ0) is 25.4. The fourth-order valence-corrected chi connectivity index (χ4v) is 3.57. The van der Waals surface area contributed by atoms with Crippen molar-refractivity contribution in [3.8, 4) is 0 Å². The minimum Gasteiger partial charge on any atom is -0.394 e. The summed E-state index contributed by atoms with van der Waals surface area (Å²) in [5, 5.41) is 42.5. The molecule has 1 amide bonds. The summed E-state index contributed by atoms with van der Waals surface area (Å²) in [4.78, 5) is 12.2. The molecule has 0 spiro atoms. The van der Waals surface area contributed by atoms with E-state index in [2.05, 4.69) is 43.5 Å². The molecule has 0 aliphatic rings. The number of hydrogen-bond acceptors (Lipinski definition) is 5. The van der Waals surface area contributed by atoms with Crippen LogP contribution in [0, 0.1) is 0 Å². The highest BCUT2D eigenvalue weighted by Gasteiger charge is 2.28. The zero-order valence-corrected chi connectivity index (χ0v) is 21.6. The number of unbranched alkanes of at least 4 members (excludes halogenated alkanes) is 8. The Morgan fingerprint density at radius 1 is 0.765 bits per heavy atom. The van der Waals surface area contributed by atoms with Crippen LogP contribution >= 0.6 is 0 Å². The Morgan fingerprint density at radius 2 is 1.38 bits per heavy atom. The van der Waals surface area contributed by atoms with Crippen LogP contribution < -0.4 is 5.32 Å². The van der Waals surface area contributed by atoms with Crippen molar-refractivity contribution in [1.82, 2.24) is 5.32 Å². The Kier molecular flexibility index (Phi) is 22.3. The number of rotatable bonds is 22. The Balaban J connectivity index is 4.13. The van der Waals surface area contributed by atoms with Gasteiger partial charge in [0, 0.05) is 6.42 Å².